The molecule has 8 nitrogen and oxygen atoms in total. The van der Waals surface area contributed by atoms with Crippen molar-refractivity contribution < 1.29 is 14.5 Å². The van der Waals surface area contributed by atoms with Crippen LogP contribution in [0.3, 0.4) is 0 Å². The molecule has 1 amide bonds. The molecule has 4 aromatic rings. The highest BCUT2D eigenvalue weighted by atomic mass is 16.6. The fraction of sp³-hybridized carbons (Fsp3) is 0.0435. The summed E-state index contributed by atoms with van der Waals surface area (Å²) in [7, 11) is 1.57. The van der Waals surface area contributed by atoms with Crippen molar-refractivity contribution in [2.45, 2.75) is 0 Å². The number of hydrogen-bond acceptors (Lipinski definition) is 5. The Morgan fingerprint density at radius 3 is 2.45 bits per heavy atom. The lowest BCUT2D eigenvalue weighted by molar-refractivity contribution is -0.384. The zero-order valence-corrected chi connectivity index (χ0v) is 16.6. The number of nitrogens with one attached hydrogen (secondary N) is 1. The number of ether oxygens (including phenoxy) is 1. The van der Waals surface area contributed by atoms with E-state index in [-0.39, 0.29) is 11.6 Å². The van der Waals surface area contributed by atoms with E-state index in [4.69, 9.17) is 4.74 Å². The maximum Gasteiger partial charge on any atom is 0.270 e. The number of rotatable bonds is 6. The highest BCUT2D eigenvalue weighted by molar-refractivity contribution is 6.08. The molecule has 0 saturated heterocycles. The third-order valence-electron chi connectivity index (χ3n) is 4.66. The highest BCUT2D eigenvalue weighted by Gasteiger charge is 2.20. The normalized spacial score (nSPS) is 10.5. The Hall–Kier alpha value is -4.46. The first kappa shape index (κ1) is 19.8. The van der Waals surface area contributed by atoms with Gasteiger partial charge in [0, 0.05) is 29.6 Å². The van der Waals surface area contributed by atoms with Gasteiger partial charge < -0.3 is 10.1 Å². The monoisotopic (exact) mass is 414 g/mol. The van der Waals surface area contributed by atoms with Crippen molar-refractivity contribution in [1.29, 1.82) is 0 Å². The van der Waals surface area contributed by atoms with Crippen LogP contribution >= 0.6 is 0 Å². The largest absolute Gasteiger partial charge is 0.497 e. The maximum absolute atomic E-state index is 13.1. The number of nitrogens with zero attached hydrogens (tertiary/aromatic N) is 3. The molecule has 0 spiro atoms. The van der Waals surface area contributed by atoms with Crippen LogP contribution in [0.1, 0.15) is 10.4 Å². The number of amides is 1. The van der Waals surface area contributed by atoms with Gasteiger partial charge in [-0.05, 0) is 36.4 Å². The highest BCUT2D eigenvalue weighted by Crippen LogP contribution is 2.28. The van der Waals surface area contributed by atoms with E-state index in [0.717, 1.165) is 5.69 Å². The zero-order chi connectivity index (χ0) is 21.8. The second-order valence-electron chi connectivity index (χ2n) is 6.66. The molecule has 31 heavy (non-hydrogen) atoms. The van der Waals surface area contributed by atoms with E-state index in [1.807, 2.05) is 30.3 Å². The van der Waals surface area contributed by atoms with Crippen LogP contribution in [0, 0.1) is 10.1 Å². The van der Waals surface area contributed by atoms with Crippen LogP contribution in [0.25, 0.3) is 16.9 Å². The molecule has 8 heteroatoms. The second kappa shape index (κ2) is 8.50. The van der Waals surface area contributed by atoms with Crippen molar-refractivity contribution in [3.05, 3.63) is 101 Å². The first-order chi connectivity index (χ1) is 15.0. The second-order valence-corrected chi connectivity index (χ2v) is 6.66. The Kier molecular flexibility index (Phi) is 5.44. The van der Waals surface area contributed by atoms with Crippen molar-refractivity contribution in [2.75, 3.05) is 12.4 Å². The Morgan fingerprint density at radius 2 is 1.77 bits per heavy atom. The van der Waals surface area contributed by atoms with Crippen molar-refractivity contribution >= 4 is 17.3 Å². The van der Waals surface area contributed by atoms with Gasteiger partial charge in [-0.3, -0.25) is 14.9 Å². The fourth-order valence-corrected chi connectivity index (χ4v) is 3.11. The molecule has 0 radical (unpaired) electrons. The lowest BCUT2D eigenvalue weighted by Gasteiger charge is -2.06. The predicted molar refractivity (Wildman–Crippen MR) is 117 cm³/mol. The number of non-ortho nitro benzene ring substituents is 1. The summed E-state index contributed by atoms with van der Waals surface area (Å²) in [6, 6.07) is 22.3. The minimum Gasteiger partial charge on any atom is -0.497 e. The van der Waals surface area contributed by atoms with E-state index in [0.29, 0.717) is 28.3 Å². The average Bonchev–Trinajstić information content (AvgIpc) is 3.26. The summed E-state index contributed by atoms with van der Waals surface area (Å²) in [5.41, 5.74) is 2.39. The molecule has 154 valence electrons. The molecule has 0 atom stereocenters. The smallest absolute Gasteiger partial charge is 0.270 e. The number of nitro groups is 1. The number of carbonyl (C=O) groups excluding carboxylic acids is 1. The maximum atomic E-state index is 13.1. The van der Waals surface area contributed by atoms with E-state index in [1.54, 1.807) is 54.4 Å². The molecule has 4 rings (SSSR count). The minimum atomic E-state index is -0.477. The Bertz CT molecular complexity index is 1230. The number of aromatic nitrogens is 2. The molecular formula is C23H18N4O4. The number of anilines is 1. The van der Waals surface area contributed by atoms with Crippen LogP contribution < -0.4 is 10.1 Å². The summed E-state index contributed by atoms with van der Waals surface area (Å²) in [6.07, 6.45) is 1.61. The Morgan fingerprint density at radius 1 is 1.03 bits per heavy atom. The molecule has 0 bridgehead atoms. The first-order valence-corrected chi connectivity index (χ1v) is 9.40. The van der Waals surface area contributed by atoms with Crippen LogP contribution in [0.4, 0.5) is 11.4 Å². The lowest BCUT2D eigenvalue weighted by atomic mass is 10.1. The van der Waals surface area contributed by atoms with Crippen LogP contribution in [0.5, 0.6) is 5.75 Å². The van der Waals surface area contributed by atoms with E-state index in [9.17, 15) is 14.9 Å². The molecule has 0 aliphatic heterocycles. The summed E-state index contributed by atoms with van der Waals surface area (Å²) in [6.45, 7) is 0. The molecule has 1 N–H and O–H groups in total. The van der Waals surface area contributed by atoms with Gasteiger partial charge in [0.25, 0.3) is 11.6 Å². The molecule has 0 aliphatic rings. The van der Waals surface area contributed by atoms with Gasteiger partial charge in [-0.25, -0.2) is 4.68 Å². The van der Waals surface area contributed by atoms with Crippen molar-refractivity contribution in [1.82, 2.24) is 9.78 Å². The van der Waals surface area contributed by atoms with E-state index < -0.39 is 4.92 Å². The third-order valence-corrected chi connectivity index (χ3v) is 4.66. The number of para-hydroxylation sites is 1. The number of methoxy groups -OCH3 is 1. The number of benzene rings is 3. The molecule has 0 saturated carbocycles. The van der Waals surface area contributed by atoms with Gasteiger partial charge >= 0.3 is 0 Å². The topological polar surface area (TPSA) is 99.3 Å². The van der Waals surface area contributed by atoms with E-state index >= 15 is 0 Å². The molecule has 0 unspecified atom stereocenters. The summed E-state index contributed by atoms with van der Waals surface area (Å²) in [5, 5.41) is 18.6. The van der Waals surface area contributed by atoms with Crippen LogP contribution in [0.15, 0.2) is 85.1 Å². The zero-order valence-electron chi connectivity index (χ0n) is 16.6. The van der Waals surface area contributed by atoms with E-state index in [1.165, 1.54) is 12.1 Å². The predicted octanol–water partition coefficient (Wildman–Crippen LogP) is 4.71. The standard InChI is InChI=1S/C23H18N4O4/c1-31-20-12-10-17(11-13-20)24-23(28)21-15-26(18-7-3-2-4-8-18)25-22(21)16-6-5-9-19(14-16)27(29)30/h2-15H,1H3,(H,24,28). The molecule has 1 heterocycles. The Labute approximate surface area is 177 Å². The fourth-order valence-electron chi connectivity index (χ4n) is 3.11. The van der Waals surface area contributed by atoms with Crippen LogP contribution in [-0.4, -0.2) is 27.7 Å². The van der Waals surface area contributed by atoms with Crippen molar-refractivity contribution in [3.63, 3.8) is 0 Å². The lowest BCUT2D eigenvalue weighted by Crippen LogP contribution is -2.12. The van der Waals surface area contributed by atoms with Gasteiger partial charge in [0.05, 0.1) is 23.3 Å². The quantitative estimate of drug-likeness (QED) is 0.364. The Balaban J connectivity index is 1.76. The molecular weight excluding hydrogens is 396 g/mol. The van der Waals surface area contributed by atoms with Gasteiger partial charge in [-0.2, -0.15) is 5.10 Å². The van der Waals surface area contributed by atoms with Gasteiger partial charge in [-0.1, -0.05) is 30.3 Å². The SMILES string of the molecule is COc1ccc(NC(=O)c2cn(-c3ccccc3)nc2-c2cccc([N+](=O)[O-])c2)cc1. The molecule has 1 aromatic heterocycles. The van der Waals surface area contributed by atoms with Crippen LogP contribution in [0.2, 0.25) is 0 Å². The van der Waals surface area contributed by atoms with Crippen molar-refractivity contribution in [2.24, 2.45) is 0 Å². The molecule has 0 aliphatic carbocycles. The third kappa shape index (κ3) is 4.27. The molecule has 3 aromatic carbocycles. The van der Waals surface area contributed by atoms with Crippen LogP contribution in [-0.2, 0) is 0 Å². The van der Waals surface area contributed by atoms with Gasteiger partial charge in [0.15, 0.2) is 0 Å². The number of nitro benzene ring substituents is 1. The van der Waals surface area contributed by atoms with E-state index in [2.05, 4.69) is 10.4 Å². The summed E-state index contributed by atoms with van der Waals surface area (Å²) in [5.74, 6) is 0.293. The summed E-state index contributed by atoms with van der Waals surface area (Å²) in [4.78, 5) is 23.8. The summed E-state index contributed by atoms with van der Waals surface area (Å²) < 4.78 is 6.72. The average molecular weight is 414 g/mol. The number of hydrogen-bond donors (Lipinski definition) is 1. The van der Waals surface area contributed by atoms with Gasteiger partial charge in [-0.15, -0.1) is 0 Å². The summed E-state index contributed by atoms with van der Waals surface area (Å²) >= 11 is 0. The first-order valence-electron chi connectivity index (χ1n) is 9.40. The van der Waals surface area contributed by atoms with Gasteiger partial charge in [0.1, 0.15) is 11.4 Å². The molecule has 0 fully saturated rings. The minimum absolute atomic E-state index is 0.0757. The number of carbonyl (C=O) groups is 1. The van der Waals surface area contributed by atoms with Gasteiger partial charge in [0.2, 0.25) is 0 Å². The van der Waals surface area contributed by atoms with Crippen molar-refractivity contribution in [3.8, 4) is 22.7 Å².